The Balaban J connectivity index is 1.60. The quantitative estimate of drug-likeness (QED) is 0.877. The first-order valence-corrected chi connectivity index (χ1v) is 9.51. The molecule has 0 aliphatic carbocycles. The molecule has 3 rings (SSSR count). The zero-order valence-electron chi connectivity index (χ0n) is 14.1. The molecule has 0 amide bonds. The van der Waals surface area contributed by atoms with Crippen molar-refractivity contribution in [1.82, 2.24) is 14.9 Å². The van der Waals surface area contributed by atoms with Crippen LogP contribution in [0.2, 0.25) is 0 Å². The Morgan fingerprint density at radius 1 is 1.00 bits per heavy atom. The van der Waals surface area contributed by atoms with Crippen LogP contribution >= 0.6 is 11.8 Å². The smallest absolute Gasteiger partial charge is 0.134 e. The van der Waals surface area contributed by atoms with E-state index in [0.29, 0.717) is 0 Å². The van der Waals surface area contributed by atoms with Gasteiger partial charge in [-0.2, -0.15) is 11.8 Å². The third-order valence-corrected chi connectivity index (χ3v) is 5.22. The van der Waals surface area contributed by atoms with Gasteiger partial charge in [0, 0.05) is 63.4 Å². The minimum Gasteiger partial charge on any atom is -0.389 e. The third kappa shape index (κ3) is 4.71. The predicted octanol–water partition coefficient (Wildman–Crippen LogP) is 0.923. The Bertz CT molecular complexity index is 507. The van der Waals surface area contributed by atoms with Crippen molar-refractivity contribution in [3.63, 3.8) is 0 Å². The van der Waals surface area contributed by atoms with Crippen LogP contribution in [0.3, 0.4) is 0 Å². The lowest BCUT2D eigenvalue weighted by Gasteiger charge is -2.38. The zero-order chi connectivity index (χ0) is 16.3. The maximum Gasteiger partial charge on any atom is 0.134 e. The number of aliphatic hydroxyl groups is 1. The Morgan fingerprint density at radius 2 is 1.57 bits per heavy atom. The van der Waals surface area contributed by atoms with Crippen molar-refractivity contribution >= 4 is 23.4 Å². The Kier molecular flexibility index (Phi) is 5.28. The lowest BCUT2D eigenvalue weighted by atomic mass is 10.1. The number of anilines is 2. The van der Waals surface area contributed by atoms with Gasteiger partial charge in [-0.1, -0.05) is 0 Å². The largest absolute Gasteiger partial charge is 0.389 e. The van der Waals surface area contributed by atoms with E-state index in [0.717, 1.165) is 57.4 Å². The van der Waals surface area contributed by atoms with E-state index in [1.165, 1.54) is 11.5 Å². The fraction of sp³-hybridized carbons (Fsp3) is 0.750. The second-order valence-corrected chi connectivity index (χ2v) is 8.13. The second-order valence-electron chi connectivity index (χ2n) is 6.91. The maximum atomic E-state index is 9.95. The highest BCUT2D eigenvalue weighted by Crippen LogP contribution is 2.22. The molecule has 0 unspecified atom stereocenters. The summed E-state index contributed by atoms with van der Waals surface area (Å²) in [5.41, 5.74) is -0.628. The van der Waals surface area contributed by atoms with Crippen molar-refractivity contribution in [2.75, 3.05) is 67.1 Å². The number of nitrogens with zero attached hydrogens (tertiary/aromatic N) is 5. The van der Waals surface area contributed by atoms with Crippen LogP contribution in [0.15, 0.2) is 12.4 Å². The number of thioether (sulfide) groups is 1. The first-order valence-electron chi connectivity index (χ1n) is 8.36. The third-order valence-electron chi connectivity index (χ3n) is 4.28. The normalized spacial score (nSPS) is 20.8. The van der Waals surface area contributed by atoms with Crippen LogP contribution in [0, 0.1) is 0 Å². The Labute approximate surface area is 142 Å². The van der Waals surface area contributed by atoms with Crippen molar-refractivity contribution < 1.29 is 5.11 Å². The van der Waals surface area contributed by atoms with Gasteiger partial charge < -0.3 is 14.9 Å². The highest BCUT2D eigenvalue weighted by atomic mass is 32.2. The molecule has 0 atom stereocenters. The van der Waals surface area contributed by atoms with Gasteiger partial charge in [0.05, 0.1) is 5.60 Å². The molecule has 0 radical (unpaired) electrons. The standard InChI is InChI=1S/C16H27N5OS/c1-16(2,22)12-19-3-5-20(6-4-19)14-11-15(18-13-17-14)21-7-9-23-10-8-21/h11,13,22H,3-10,12H2,1-2H3. The van der Waals surface area contributed by atoms with E-state index in [9.17, 15) is 5.11 Å². The molecule has 0 spiro atoms. The number of aromatic nitrogens is 2. The molecule has 1 aromatic heterocycles. The van der Waals surface area contributed by atoms with Crippen LogP contribution in [0.4, 0.5) is 11.6 Å². The molecule has 1 N–H and O–H groups in total. The number of β-amino-alcohol motifs (C(OH)–C–C–N with tert-alkyl or cyclic N) is 1. The molecule has 0 saturated carbocycles. The fourth-order valence-corrected chi connectivity index (χ4v) is 4.06. The predicted molar refractivity (Wildman–Crippen MR) is 96.5 cm³/mol. The van der Waals surface area contributed by atoms with E-state index in [1.807, 2.05) is 25.6 Å². The summed E-state index contributed by atoms with van der Waals surface area (Å²) in [7, 11) is 0. The van der Waals surface area contributed by atoms with Gasteiger partial charge >= 0.3 is 0 Å². The monoisotopic (exact) mass is 337 g/mol. The molecular weight excluding hydrogens is 310 g/mol. The van der Waals surface area contributed by atoms with E-state index in [-0.39, 0.29) is 0 Å². The van der Waals surface area contributed by atoms with Crippen LogP contribution in [-0.4, -0.2) is 82.9 Å². The molecule has 0 aromatic carbocycles. The van der Waals surface area contributed by atoms with E-state index in [4.69, 9.17) is 0 Å². The summed E-state index contributed by atoms with van der Waals surface area (Å²) in [4.78, 5) is 15.9. The first kappa shape index (κ1) is 16.8. The summed E-state index contributed by atoms with van der Waals surface area (Å²) >= 11 is 2.01. The molecule has 7 heteroatoms. The molecule has 1 aromatic rings. The molecule has 0 bridgehead atoms. The van der Waals surface area contributed by atoms with Crippen LogP contribution < -0.4 is 9.80 Å². The lowest BCUT2D eigenvalue weighted by molar-refractivity contribution is 0.0344. The number of rotatable bonds is 4. The van der Waals surface area contributed by atoms with Gasteiger partial charge in [0.15, 0.2) is 0 Å². The summed E-state index contributed by atoms with van der Waals surface area (Å²) < 4.78 is 0. The van der Waals surface area contributed by atoms with Crippen molar-refractivity contribution in [3.8, 4) is 0 Å². The lowest BCUT2D eigenvalue weighted by Crippen LogP contribution is -2.50. The van der Waals surface area contributed by atoms with Crippen LogP contribution in [-0.2, 0) is 0 Å². The summed E-state index contributed by atoms with van der Waals surface area (Å²) in [6, 6.07) is 2.13. The molecular formula is C16H27N5OS. The van der Waals surface area contributed by atoms with E-state index in [1.54, 1.807) is 6.33 Å². The van der Waals surface area contributed by atoms with Crippen molar-refractivity contribution in [3.05, 3.63) is 12.4 Å². The van der Waals surface area contributed by atoms with E-state index < -0.39 is 5.60 Å². The average Bonchev–Trinajstić information content (AvgIpc) is 2.55. The number of hydrogen-bond donors (Lipinski definition) is 1. The van der Waals surface area contributed by atoms with Crippen molar-refractivity contribution in [1.29, 1.82) is 0 Å². The van der Waals surface area contributed by atoms with Crippen LogP contribution in [0.25, 0.3) is 0 Å². The van der Waals surface area contributed by atoms with Gasteiger partial charge in [-0.3, -0.25) is 4.90 Å². The second kappa shape index (κ2) is 7.23. The van der Waals surface area contributed by atoms with Crippen LogP contribution in [0.1, 0.15) is 13.8 Å². The number of piperazine rings is 1. The maximum absolute atomic E-state index is 9.95. The minimum atomic E-state index is -0.628. The molecule has 3 heterocycles. The van der Waals surface area contributed by atoms with Gasteiger partial charge in [-0.15, -0.1) is 0 Å². The average molecular weight is 337 g/mol. The van der Waals surface area contributed by atoms with Gasteiger partial charge in [0.2, 0.25) is 0 Å². The van der Waals surface area contributed by atoms with Gasteiger partial charge in [0.1, 0.15) is 18.0 Å². The molecule has 2 saturated heterocycles. The molecule has 128 valence electrons. The molecule has 6 nitrogen and oxygen atoms in total. The van der Waals surface area contributed by atoms with Gasteiger partial charge in [0.25, 0.3) is 0 Å². The fourth-order valence-electron chi connectivity index (χ4n) is 3.16. The summed E-state index contributed by atoms with van der Waals surface area (Å²) in [5, 5.41) is 9.95. The SMILES string of the molecule is CC(C)(O)CN1CCN(c2cc(N3CCSCC3)ncn2)CC1. The first-order chi connectivity index (χ1) is 11.0. The highest BCUT2D eigenvalue weighted by molar-refractivity contribution is 7.99. The van der Waals surface area contributed by atoms with E-state index in [2.05, 4.69) is 30.7 Å². The Morgan fingerprint density at radius 3 is 2.13 bits per heavy atom. The molecule has 23 heavy (non-hydrogen) atoms. The molecule has 2 aliphatic heterocycles. The highest BCUT2D eigenvalue weighted by Gasteiger charge is 2.24. The number of hydrogen-bond acceptors (Lipinski definition) is 7. The summed E-state index contributed by atoms with van der Waals surface area (Å²) in [6.45, 7) is 10.4. The Hall–Kier alpha value is -1.05. The molecule has 2 fully saturated rings. The zero-order valence-corrected chi connectivity index (χ0v) is 14.9. The van der Waals surface area contributed by atoms with E-state index >= 15 is 0 Å². The van der Waals surface area contributed by atoms with Crippen molar-refractivity contribution in [2.24, 2.45) is 0 Å². The minimum absolute atomic E-state index is 0.628. The van der Waals surface area contributed by atoms with Crippen LogP contribution in [0.5, 0.6) is 0 Å². The summed E-state index contributed by atoms with van der Waals surface area (Å²) in [6.07, 6.45) is 1.69. The van der Waals surface area contributed by atoms with Gasteiger partial charge in [-0.05, 0) is 13.8 Å². The van der Waals surface area contributed by atoms with Gasteiger partial charge in [-0.25, -0.2) is 9.97 Å². The van der Waals surface area contributed by atoms with Crippen molar-refractivity contribution in [2.45, 2.75) is 19.4 Å². The molecule has 2 aliphatic rings. The topological polar surface area (TPSA) is 55.7 Å². The summed E-state index contributed by atoms with van der Waals surface area (Å²) in [5.74, 6) is 4.43.